The highest BCUT2D eigenvalue weighted by Crippen LogP contribution is 2.28. The lowest BCUT2D eigenvalue weighted by Crippen LogP contribution is -2.34. The Hall–Kier alpha value is -1.46. The van der Waals surface area contributed by atoms with Crippen LogP contribution in [0.5, 0.6) is 0 Å². The van der Waals surface area contributed by atoms with Gasteiger partial charge in [0.15, 0.2) is 0 Å². The normalized spacial score (nSPS) is 19.6. The molecule has 1 aromatic heterocycles. The fourth-order valence-corrected chi connectivity index (χ4v) is 3.72. The van der Waals surface area contributed by atoms with Gasteiger partial charge in [-0.05, 0) is 48.1 Å². The molecule has 3 rings (SSSR count). The molecule has 0 aliphatic carbocycles. The second-order valence-corrected chi connectivity index (χ2v) is 6.26. The van der Waals surface area contributed by atoms with Gasteiger partial charge in [-0.15, -0.1) is 0 Å². The zero-order valence-electron chi connectivity index (χ0n) is 11.4. The van der Waals surface area contributed by atoms with E-state index < -0.39 is 11.6 Å². The first kappa shape index (κ1) is 14.5. The second kappa shape index (κ2) is 6.54. The van der Waals surface area contributed by atoms with Crippen LogP contribution in [-0.2, 0) is 0 Å². The van der Waals surface area contributed by atoms with E-state index in [1.54, 1.807) is 12.4 Å². The molecule has 1 fully saturated rings. The minimum absolute atomic E-state index is 0.316. The van der Waals surface area contributed by atoms with Crippen LogP contribution in [0.15, 0.2) is 42.7 Å². The first-order chi connectivity index (χ1) is 10.2. The van der Waals surface area contributed by atoms with Gasteiger partial charge in [0.05, 0.1) is 6.04 Å². The first-order valence-electron chi connectivity index (χ1n) is 6.92. The average molecular weight is 306 g/mol. The summed E-state index contributed by atoms with van der Waals surface area (Å²) in [5.41, 5.74) is 1.24. The molecule has 2 atom stereocenters. The molecule has 1 aliphatic rings. The minimum atomic E-state index is -0.423. The van der Waals surface area contributed by atoms with Crippen LogP contribution >= 0.6 is 11.8 Å². The molecular formula is C16H16F2N2S. The molecule has 1 aromatic carbocycles. The van der Waals surface area contributed by atoms with E-state index in [2.05, 4.69) is 10.3 Å². The smallest absolute Gasteiger partial charge is 0.128 e. The van der Waals surface area contributed by atoms with E-state index in [9.17, 15) is 8.78 Å². The van der Waals surface area contributed by atoms with Crippen LogP contribution in [0.1, 0.15) is 23.6 Å². The number of nitrogens with zero attached hydrogens (tertiary/aromatic N) is 1. The van der Waals surface area contributed by atoms with Crippen molar-refractivity contribution in [2.75, 3.05) is 11.5 Å². The lowest BCUT2D eigenvalue weighted by molar-refractivity contribution is 0.482. The first-order valence-corrected chi connectivity index (χ1v) is 8.08. The van der Waals surface area contributed by atoms with Gasteiger partial charge in [-0.1, -0.05) is 0 Å². The van der Waals surface area contributed by atoms with Gasteiger partial charge in [0.2, 0.25) is 0 Å². The van der Waals surface area contributed by atoms with Crippen molar-refractivity contribution in [1.29, 1.82) is 0 Å². The standard InChI is InChI=1S/C16H16F2N2S/c17-12-1-2-15(18)14(9-12)16(11-3-6-19-7-4-11)20-13-5-8-21-10-13/h1-4,6-7,9,13,16,20H,5,8,10H2/t13-,16-/m0/s1. The molecule has 0 spiro atoms. The summed E-state index contributed by atoms with van der Waals surface area (Å²) in [6.07, 6.45) is 4.39. The lowest BCUT2D eigenvalue weighted by atomic mass is 9.97. The largest absolute Gasteiger partial charge is 0.303 e. The number of hydrogen-bond donors (Lipinski definition) is 1. The van der Waals surface area contributed by atoms with E-state index in [1.807, 2.05) is 23.9 Å². The summed E-state index contributed by atoms with van der Waals surface area (Å²) < 4.78 is 27.7. The fraction of sp³-hybridized carbons (Fsp3) is 0.312. The highest BCUT2D eigenvalue weighted by atomic mass is 32.2. The number of benzene rings is 1. The Morgan fingerprint density at radius 2 is 2.00 bits per heavy atom. The molecule has 5 heteroatoms. The highest BCUT2D eigenvalue weighted by molar-refractivity contribution is 7.99. The van der Waals surface area contributed by atoms with Crippen molar-refractivity contribution in [3.8, 4) is 0 Å². The van der Waals surface area contributed by atoms with E-state index in [-0.39, 0.29) is 6.04 Å². The molecule has 2 heterocycles. The molecule has 110 valence electrons. The van der Waals surface area contributed by atoms with E-state index in [0.717, 1.165) is 29.6 Å². The maximum atomic E-state index is 14.2. The quantitative estimate of drug-likeness (QED) is 0.935. The average Bonchev–Trinajstić information content (AvgIpc) is 3.01. The molecule has 2 nitrogen and oxygen atoms in total. The number of aromatic nitrogens is 1. The Morgan fingerprint density at radius 1 is 1.19 bits per heavy atom. The van der Waals surface area contributed by atoms with Gasteiger partial charge in [0, 0.05) is 29.8 Å². The third-order valence-electron chi connectivity index (χ3n) is 3.64. The van der Waals surface area contributed by atoms with Crippen molar-refractivity contribution in [2.24, 2.45) is 0 Å². The lowest BCUT2D eigenvalue weighted by Gasteiger charge is -2.24. The van der Waals surface area contributed by atoms with Crippen LogP contribution in [0.2, 0.25) is 0 Å². The number of pyridine rings is 1. The molecular weight excluding hydrogens is 290 g/mol. The maximum absolute atomic E-state index is 14.2. The van der Waals surface area contributed by atoms with E-state index in [1.165, 1.54) is 12.1 Å². The number of thioether (sulfide) groups is 1. The Balaban J connectivity index is 1.96. The van der Waals surface area contributed by atoms with Crippen LogP contribution in [-0.4, -0.2) is 22.5 Å². The molecule has 0 amide bonds. The number of rotatable bonds is 4. The van der Waals surface area contributed by atoms with Gasteiger partial charge in [-0.25, -0.2) is 8.78 Å². The van der Waals surface area contributed by atoms with Crippen LogP contribution in [0.4, 0.5) is 8.78 Å². The summed E-state index contributed by atoms with van der Waals surface area (Å²) in [6, 6.07) is 7.24. The van der Waals surface area contributed by atoms with Crippen LogP contribution in [0.3, 0.4) is 0 Å². The summed E-state index contributed by atoms with van der Waals surface area (Å²) in [5.74, 6) is 1.29. The highest BCUT2D eigenvalue weighted by Gasteiger charge is 2.24. The second-order valence-electron chi connectivity index (χ2n) is 5.11. The maximum Gasteiger partial charge on any atom is 0.128 e. The molecule has 1 N–H and O–H groups in total. The molecule has 0 unspecified atom stereocenters. The predicted molar refractivity (Wildman–Crippen MR) is 81.3 cm³/mol. The third-order valence-corrected chi connectivity index (χ3v) is 4.80. The predicted octanol–water partition coefficient (Wildman–Crippen LogP) is 3.54. The van der Waals surface area contributed by atoms with Crippen molar-refractivity contribution >= 4 is 11.8 Å². The molecule has 21 heavy (non-hydrogen) atoms. The zero-order chi connectivity index (χ0) is 14.7. The van der Waals surface area contributed by atoms with Crippen molar-refractivity contribution in [1.82, 2.24) is 10.3 Å². The summed E-state index contributed by atoms with van der Waals surface area (Å²) in [7, 11) is 0. The summed E-state index contributed by atoms with van der Waals surface area (Å²) in [6.45, 7) is 0. The summed E-state index contributed by atoms with van der Waals surface area (Å²) >= 11 is 1.88. The topological polar surface area (TPSA) is 24.9 Å². The van der Waals surface area contributed by atoms with Gasteiger partial charge in [-0.3, -0.25) is 4.98 Å². The van der Waals surface area contributed by atoms with Gasteiger partial charge in [-0.2, -0.15) is 11.8 Å². The number of halogens is 2. The Morgan fingerprint density at radius 3 is 2.71 bits per heavy atom. The van der Waals surface area contributed by atoms with E-state index >= 15 is 0 Å². The van der Waals surface area contributed by atoms with Crippen LogP contribution in [0, 0.1) is 11.6 Å². The summed E-state index contributed by atoms with van der Waals surface area (Å²) in [5, 5.41) is 3.46. The summed E-state index contributed by atoms with van der Waals surface area (Å²) in [4.78, 5) is 3.99. The number of nitrogens with one attached hydrogen (secondary N) is 1. The Kier molecular flexibility index (Phi) is 4.51. The Labute approximate surface area is 127 Å². The molecule has 1 saturated heterocycles. The molecule has 0 bridgehead atoms. The van der Waals surface area contributed by atoms with Gasteiger partial charge in [0.1, 0.15) is 11.6 Å². The van der Waals surface area contributed by atoms with Gasteiger partial charge >= 0.3 is 0 Å². The minimum Gasteiger partial charge on any atom is -0.303 e. The van der Waals surface area contributed by atoms with Crippen molar-refractivity contribution in [2.45, 2.75) is 18.5 Å². The van der Waals surface area contributed by atoms with E-state index in [0.29, 0.717) is 11.6 Å². The van der Waals surface area contributed by atoms with Crippen molar-refractivity contribution in [3.63, 3.8) is 0 Å². The number of hydrogen-bond acceptors (Lipinski definition) is 3. The SMILES string of the molecule is Fc1ccc(F)c([C@@H](N[C@H]2CCSC2)c2ccncc2)c1. The van der Waals surface area contributed by atoms with Crippen molar-refractivity contribution < 1.29 is 8.78 Å². The fourth-order valence-electron chi connectivity index (χ4n) is 2.56. The Bertz CT molecular complexity index is 600. The van der Waals surface area contributed by atoms with Gasteiger partial charge in [0.25, 0.3) is 0 Å². The monoisotopic (exact) mass is 306 g/mol. The zero-order valence-corrected chi connectivity index (χ0v) is 12.2. The molecule has 1 aliphatic heterocycles. The van der Waals surface area contributed by atoms with Gasteiger partial charge < -0.3 is 5.32 Å². The van der Waals surface area contributed by atoms with Crippen LogP contribution in [0.25, 0.3) is 0 Å². The molecule has 0 radical (unpaired) electrons. The van der Waals surface area contributed by atoms with E-state index in [4.69, 9.17) is 0 Å². The van der Waals surface area contributed by atoms with Crippen LogP contribution < -0.4 is 5.32 Å². The molecule has 2 aromatic rings. The molecule has 0 saturated carbocycles. The van der Waals surface area contributed by atoms with Crippen molar-refractivity contribution in [3.05, 3.63) is 65.5 Å². The third kappa shape index (κ3) is 3.41.